The van der Waals surface area contributed by atoms with Crippen LogP contribution in [0.15, 0.2) is 29.4 Å². The fourth-order valence-corrected chi connectivity index (χ4v) is 1.46. The molecule has 0 spiro atoms. The van der Waals surface area contributed by atoms with Gasteiger partial charge in [-0.25, -0.2) is 0 Å². The molecule has 2 nitrogen and oxygen atoms in total. The van der Waals surface area contributed by atoms with Crippen molar-refractivity contribution in [3.63, 3.8) is 0 Å². The van der Waals surface area contributed by atoms with E-state index in [9.17, 15) is 0 Å². The molecule has 0 amide bonds. The smallest absolute Gasteiger partial charge is 0.0898 e. The maximum absolute atomic E-state index is 8.85. The van der Waals surface area contributed by atoms with Crippen molar-refractivity contribution >= 4 is 5.71 Å². The van der Waals surface area contributed by atoms with E-state index >= 15 is 0 Å². The second-order valence-electron chi connectivity index (χ2n) is 3.63. The Morgan fingerprint density at radius 2 is 1.73 bits per heavy atom. The molecule has 15 heavy (non-hydrogen) atoms. The summed E-state index contributed by atoms with van der Waals surface area (Å²) >= 11 is 0. The molecular weight excluding hydrogens is 186 g/mol. The van der Waals surface area contributed by atoms with Crippen LogP contribution in [-0.4, -0.2) is 10.9 Å². The second-order valence-corrected chi connectivity index (χ2v) is 3.63. The van der Waals surface area contributed by atoms with Gasteiger partial charge in [-0.2, -0.15) is 0 Å². The first-order chi connectivity index (χ1) is 7.31. The highest BCUT2D eigenvalue weighted by Crippen LogP contribution is 2.33. The zero-order valence-corrected chi connectivity index (χ0v) is 9.70. The minimum atomic E-state index is 0.493. The van der Waals surface area contributed by atoms with E-state index in [2.05, 4.69) is 12.1 Å². The van der Waals surface area contributed by atoms with Crippen LogP contribution in [0.4, 0.5) is 0 Å². The van der Waals surface area contributed by atoms with Crippen LogP contribution in [-0.2, 0) is 0 Å². The summed E-state index contributed by atoms with van der Waals surface area (Å²) < 4.78 is 0. The van der Waals surface area contributed by atoms with E-state index in [1.807, 2.05) is 38.1 Å². The minimum absolute atomic E-state index is 0.493. The Balaban J connectivity index is 0.000000531. The highest BCUT2D eigenvalue weighted by Gasteiger charge is 2.28. The number of aryl methyl sites for hydroxylation is 1. The molecule has 1 aliphatic carbocycles. The number of rotatable bonds is 2. The van der Waals surface area contributed by atoms with E-state index in [1.54, 1.807) is 0 Å². The molecule has 1 saturated carbocycles. The van der Waals surface area contributed by atoms with Crippen LogP contribution in [0.5, 0.6) is 0 Å². The van der Waals surface area contributed by atoms with Crippen LogP contribution in [0.3, 0.4) is 0 Å². The Labute approximate surface area is 91.6 Å². The number of nitrogens with zero attached hydrogens (tertiary/aromatic N) is 1. The van der Waals surface area contributed by atoms with Crippen molar-refractivity contribution in [1.29, 1.82) is 0 Å². The molecule has 0 heterocycles. The van der Waals surface area contributed by atoms with E-state index in [1.165, 1.54) is 5.56 Å². The first-order valence-corrected chi connectivity index (χ1v) is 5.60. The van der Waals surface area contributed by atoms with Crippen molar-refractivity contribution in [2.24, 2.45) is 11.1 Å². The molecule has 0 radical (unpaired) electrons. The highest BCUT2D eigenvalue weighted by atomic mass is 16.4. The molecule has 0 aliphatic heterocycles. The Morgan fingerprint density at radius 3 is 2.13 bits per heavy atom. The predicted molar refractivity (Wildman–Crippen MR) is 63.6 cm³/mol. The number of oxime groups is 1. The van der Waals surface area contributed by atoms with E-state index in [0.717, 1.165) is 24.1 Å². The Hall–Kier alpha value is -1.31. The first-order valence-electron chi connectivity index (χ1n) is 5.60. The van der Waals surface area contributed by atoms with Gasteiger partial charge in [0.15, 0.2) is 0 Å². The van der Waals surface area contributed by atoms with Crippen LogP contribution >= 0.6 is 0 Å². The fourth-order valence-electron chi connectivity index (χ4n) is 1.46. The maximum atomic E-state index is 8.85. The third-order valence-electron chi connectivity index (χ3n) is 2.42. The molecule has 82 valence electrons. The van der Waals surface area contributed by atoms with Gasteiger partial charge in [0.1, 0.15) is 0 Å². The molecule has 2 heteroatoms. The number of benzene rings is 1. The van der Waals surface area contributed by atoms with Gasteiger partial charge in [-0.05, 0) is 25.3 Å². The van der Waals surface area contributed by atoms with Crippen molar-refractivity contribution < 1.29 is 5.21 Å². The Kier molecular flexibility index (Phi) is 4.35. The lowest BCUT2D eigenvalue weighted by Gasteiger charge is -2.02. The summed E-state index contributed by atoms with van der Waals surface area (Å²) in [6.45, 7) is 6.05. The van der Waals surface area contributed by atoms with E-state index in [4.69, 9.17) is 5.21 Å². The lowest BCUT2D eigenvalue weighted by Crippen LogP contribution is -2.02. The van der Waals surface area contributed by atoms with Gasteiger partial charge >= 0.3 is 0 Å². The monoisotopic (exact) mass is 205 g/mol. The molecule has 2 rings (SSSR count). The van der Waals surface area contributed by atoms with Crippen molar-refractivity contribution in [2.75, 3.05) is 0 Å². The second kappa shape index (κ2) is 5.54. The molecule has 1 aromatic carbocycles. The van der Waals surface area contributed by atoms with Gasteiger partial charge in [0.2, 0.25) is 0 Å². The summed E-state index contributed by atoms with van der Waals surface area (Å²) in [6.07, 6.45) is 2.32. The van der Waals surface area contributed by atoms with Crippen molar-refractivity contribution in [3.8, 4) is 0 Å². The maximum Gasteiger partial charge on any atom is 0.0898 e. The summed E-state index contributed by atoms with van der Waals surface area (Å²) in [4.78, 5) is 0. The SMILES string of the molecule is CC.Cc1ccc(/C(=N/O)C2CC2)cc1. The Bertz CT molecular complexity index is 323. The van der Waals surface area contributed by atoms with E-state index in [-0.39, 0.29) is 0 Å². The average Bonchev–Trinajstić information content (AvgIpc) is 3.09. The van der Waals surface area contributed by atoms with Gasteiger partial charge in [-0.15, -0.1) is 0 Å². The summed E-state index contributed by atoms with van der Waals surface area (Å²) in [6, 6.07) is 8.12. The van der Waals surface area contributed by atoms with Crippen molar-refractivity contribution in [3.05, 3.63) is 35.4 Å². The average molecular weight is 205 g/mol. The van der Waals surface area contributed by atoms with E-state index < -0.39 is 0 Å². The summed E-state index contributed by atoms with van der Waals surface area (Å²) in [5.74, 6) is 0.493. The Morgan fingerprint density at radius 1 is 1.20 bits per heavy atom. The molecule has 1 aliphatic rings. The number of hydrogen-bond donors (Lipinski definition) is 1. The summed E-state index contributed by atoms with van der Waals surface area (Å²) in [5.41, 5.74) is 3.13. The van der Waals surface area contributed by atoms with Crippen LogP contribution in [0.25, 0.3) is 0 Å². The molecule has 1 aromatic rings. The molecule has 1 N–H and O–H groups in total. The predicted octanol–water partition coefficient (Wildman–Crippen LogP) is 3.61. The topological polar surface area (TPSA) is 32.6 Å². The molecular formula is C13H19NO. The third-order valence-corrected chi connectivity index (χ3v) is 2.42. The molecule has 0 unspecified atom stereocenters. The molecule has 0 bridgehead atoms. The largest absolute Gasteiger partial charge is 0.411 e. The van der Waals surface area contributed by atoms with Gasteiger partial charge in [0, 0.05) is 5.92 Å². The molecule has 1 fully saturated rings. The molecule has 0 saturated heterocycles. The number of hydrogen-bond acceptors (Lipinski definition) is 2. The lowest BCUT2D eigenvalue weighted by atomic mass is 10.1. The summed E-state index contributed by atoms with van der Waals surface area (Å²) in [7, 11) is 0. The fraction of sp³-hybridized carbons (Fsp3) is 0.462. The zero-order chi connectivity index (χ0) is 11.3. The van der Waals surface area contributed by atoms with Gasteiger partial charge in [-0.1, -0.05) is 48.8 Å². The van der Waals surface area contributed by atoms with Crippen LogP contribution < -0.4 is 0 Å². The van der Waals surface area contributed by atoms with Crippen molar-refractivity contribution in [1.82, 2.24) is 0 Å². The lowest BCUT2D eigenvalue weighted by molar-refractivity contribution is 0.317. The third kappa shape index (κ3) is 3.08. The van der Waals surface area contributed by atoms with Gasteiger partial charge in [0.25, 0.3) is 0 Å². The highest BCUT2D eigenvalue weighted by molar-refractivity contribution is 6.03. The quantitative estimate of drug-likeness (QED) is 0.446. The van der Waals surface area contributed by atoms with Crippen LogP contribution in [0.2, 0.25) is 0 Å². The molecule has 0 atom stereocenters. The van der Waals surface area contributed by atoms with Crippen LogP contribution in [0, 0.1) is 12.8 Å². The standard InChI is InChI=1S/C11H13NO.C2H6/c1-8-2-4-9(5-3-8)11(12-13)10-6-7-10;1-2/h2-5,10,13H,6-7H2,1H3;1-2H3/b12-11-;. The normalized spacial score (nSPS) is 15.5. The van der Waals surface area contributed by atoms with Gasteiger partial charge in [-0.3, -0.25) is 0 Å². The van der Waals surface area contributed by atoms with Crippen molar-refractivity contribution in [2.45, 2.75) is 33.6 Å². The zero-order valence-electron chi connectivity index (χ0n) is 9.70. The van der Waals surface area contributed by atoms with Gasteiger partial charge < -0.3 is 5.21 Å². The van der Waals surface area contributed by atoms with E-state index in [0.29, 0.717) is 5.92 Å². The minimum Gasteiger partial charge on any atom is -0.411 e. The molecule has 0 aromatic heterocycles. The first kappa shape index (κ1) is 11.8. The van der Waals surface area contributed by atoms with Gasteiger partial charge in [0.05, 0.1) is 5.71 Å². The summed E-state index contributed by atoms with van der Waals surface area (Å²) in [5, 5.41) is 12.2. The van der Waals surface area contributed by atoms with Crippen LogP contribution in [0.1, 0.15) is 37.8 Å².